The van der Waals surface area contributed by atoms with E-state index in [-0.39, 0.29) is 6.29 Å². The molecule has 0 saturated carbocycles. The summed E-state index contributed by atoms with van der Waals surface area (Å²) in [4.78, 5) is 0.388. The third-order valence-electron chi connectivity index (χ3n) is 1.02. The van der Waals surface area contributed by atoms with E-state index in [4.69, 9.17) is 9.47 Å². The van der Waals surface area contributed by atoms with E-state index in [1.807, 2.05) is 6.92 Å². The number of hydrogen-bond donors (Lipinski definition) is 0. The predicted molar refractivity (Wildman–Crippen MR) is 34.1 cm³/mol. The van der Waals surface area contributed by atoms with Crippen molar-refractivity contribution in [2.24, 2.45) is 0 Å². The second kappa shape index (κ2) is 2.80. The first kappa shape index (κ1) is 6.52. The average Bonchev–Trinajstić information content (AvgIpc) is 1.77. The van der Waals surface area contributed by atoms with Gasteiger partial charge in [0.15, 0.2) is 6.29 Å². The zero-order valence-corrected chi connectivity index (χ0v) is 6.35. The van der Waals surface area contributed by atoms with Crippen LogP contribution in [0.25, 0.3) is 0 Å². The van der Waals surface area contributed by atoms with Crippen molar-refractivity contribution in [2.75, 3.05) is 13.2 Å². The van der Waals surface area contributed by atoms with E-state index in [0.717, 1.165) is 13.2 Å². The molecule has 0 aliphatic carbocycles. The lowest BCUT2D eigenvalue weighted by Crippen LogP contribution is -2.29. The van der Waals surface area contributed by atoms with Gasteiger partial charge in [-0.25, -0.2) is 0 Å². The Morgan fingerprint density at radius 2 is 1.88 bits per heavy atom. The summed E-state index contributed by atoms with van der Waals surface area (Å²) in [5.74, 6) is 0. The van der Waals surface area contributed by atoms with Gasteiger partial charge in [-0.05, 0) is 6.92 Å². The minimum absolute atomic E-state index is 0.0104. The Kier molecular flexibility index (Phi) is 2.28. The fourth-order valence-corrected chi connectivity index (χ4v) is 0.881. The van der Waals surface area contributed by atoms with E-state index in [1.54, 1.807) is 0 Å². The Morgan fingerprint density at radius 3 is 2.25 bits per heavy atom. The van der Waals surface area contributed by atoms with Gasteiger partial charge in [0.25, 0.3) is 0 Å². The Labute approximate surface area is 57.3 Å². The minimum Gasteiger partial charge on any atom is -0.352 e. The molecule has 48 valence electrons. The van der Waals surface area contributed by atoms with Crippen LogP contribution in [0.1, 0.15) is 6.92 Å². The smallest absolute Gasteiger partial charge is 0.154 e. The van der Waals surface area contributed by atoms with E-state index in [2.05, 4.69) is 15.9 Å². The van der Waals surface area contributed by atoms with Gasteiger partial charge in [-0.2, -0.15) is 0 Å². The largest absolute Gasteiger partial charge is 0.352 e. The third-order valence-corrected chi connectivity index (χ3v) is 1.55. The third kappa shape index (κ3) is 1.73. The molecule has 1 fully saturated rings. The maximum atomic E-state index is 5.12. The quantitative estimate of drug-likeness (QED) is 0.521. The number of alkyl halides is 1. The second-order valence-corrected chi connectivity index (χ2v) is 3.13. The van der Waals surface area contributed by atoms with Crippen LogP contribution in [-0.2, 0) is 9.47 Å². The van der Waals surface area contributed by atoms with Crippen LogP contribution in [0.4, 0.5) is 0 Å². The molecule has 2 nitrogen and oxygen atoms in total. The van der Waals surface area contributed by atoms with Gasteiger partial charge >= 0.3 is 0 Å². The van der Waals surface area contributed by atoms with Crippen molar-refractivity contribution in [2.45, 2.75) is 18.0 Å². The highest BCUT2D eigenvalue weighted by Gasteiger charge is 2.14. The van der Waals surface area contributed by atoms with Crippen LogP contribution in [-0.4, -0.2) is 24.3 Å². The fraction of sp³-hybridized carbons (Fsp3) is 1.00. The molecule has 0 aromatic rings. The van der Waals surface area contributed by atoms with Crippen molar-refractivity contribution in [3.8, 4) is 0 Å². The summed E-state index contributed by atoms with van der Waals surface area (Å²) in [6, 6.07) is 0. The van der Waals surface area contributed by atoms with Gasteiger partial charge in [0.05, 0.1) is 18.0 Å². The zero-order valence-electron chi connectivity index (χ0n) is 4.76. The molecular weight excluding hydrogens is 172 g/mol. The summed E-state index contributed by atoms with van der Waals surface area (Å²) in [7, 11) is 0. The van der Waals surface area contributed by atoms with E-state index in [9.17, 15) is 0 Å². The highest BCUT2D eigenvalue weighted by Crippen LogP contribution is 2.10. The van der Waals surface area contributed by atoms with Crippen molar-refractivity contribution in [1.29, 1.82) is 0 Å². The van der Waals surface area contributed by atoms with Gasteiger partial charge in [0, 0.05) is 0 Å². The highest BCUT2D eigenvalue weighted by atomic mass is 79.9. The Balaban J connectivity index is 2.19. The zero-order chi connectivity index (χ0) is 5.98. The molecule has 1 heterocycles. The summed E-state index contributed by atoms with van der Waals surface area (Å²) in [5.41, 5.74) is 0. The van der Waals surface area contributed by atoms with Crippen LogP contribution in [0.5, 0.6) is 0 Å². The highest BCUT2D eigenvalue weighted by molar-refractivity contribution is 9.09. The molecule has 0 radical (unpaired) electrons. The van der Waals surface area contributed by atoms with Crippen LogP contribution in [0.3, 0.4) is 0 Å². The topological polar surface area (TPSA) is 18.5 Å². The van der Waals surface area contributed by atoms with Crippen LogP contribution in [0.15, 0.2) is 0 Å². The monoisotopic (exact) mass is 180 g/mol. The number of rotatable bonds is 0. The molecule has 0 amide bonds. The SMILES string of the molecule is CC1OCC(Br)CO1. The lowest BCUT2D eigenvalue weighted by Gasteiger charge is -2.23. The van der Waals surface area contributed by atoms with Crippen LogP contribution < -0.4 is 0 Å². The van der Waals surface area contributed by atoms with Gasteiger partial charge in [-0.15, -0.1) is 0 Å². The molecular formula is C5H9BrO2. The van der Waals surface area contributed by atoms with E-state index in [0.29, 0.717) is 4.83 Å². The number of halogens is 1. The molecule has 0 aromatic heterocycles. The molecule has 8 heavy (non-hydrogen) atoms. The van der Waals surface area contributed by atoms with Crippen molar-refractivity contribution in [1.82, 2.24) is 0 Å². The first-order chi connectivity index (χ1) is 3.79. The molecule has 3 heteroatoms. The Morgan fingerprint density at radius 1 is 1.38 bits per heavy atom. The van der Waals surface area contributed by atoms with Gasteiger partial charge in [-0.1, -0.05) is 15.9 Å². The standard InChI is InChI=1S/C5H9BrO2/c1-4-7-2-5(6)3-8-4/h4-5H,2-3H2,1H3. The van der Waals surface area contributed by atoms with E-state index < -0.39 is 0 Å². The fourth-order valence-electron chi connectivity index (χ4n) is 0.576. The molecule has 0 N–H and O–H groups in total. The molecule has 0 bridgehead atoms. The van der Waals surface area contributed by atoms with Crippen molar-refractivity contribution < 1.29 is 9.47 Å². The number of hydrogen-bond acceptors (Lipinski definition) is 2. The summed E-state index contributed by atoms with van der Waals surface area (Å²) < 4.78 is 10.2. The lowest BCUT2D eigenvalue weighted by molar-refractivity contribution is -0.163. The van der Waals surface area contributed by atoms with E-state index in [1.165, 1.54) is 0 Å². The van der Waals surface area contributed by atoms with Crippen molar-refractivity contribution in [3.63, 3.8) is 0 Å². The number of ether oxygens (including phenoxy) is 2. The lowest BCUT2D eigenvalue weighted by atomic mass is 10.4. The Hall–Kier alpha value is 0.400. The van der Waals surface area contributed by atoms with Gasteiger partial charge in [0.2, 0.25) is 0 Å². The average molecular weight is 181 g/mol. The molecule has 1 aliphatic heterocycles. The summed E-state index contributed by atoms with van der Waals surface area (Å²) in [6.07, 6.45) is -0.0104. The van der Waals surface area contributed by atoms with Gasteiger partial charge in [-0.3, -0.25) is 0 Å². The summed E-state index contributed by atoms with van der Waals surface area (Å²) >= 11 is 3.37. The molecule has 0 unspecified atom stereocenters. The summed E-state index contributed by atoms with van der Waals surface area (Å²) in [6.45, 7) is 3.43. The second-order valence-electron chi connectivity index (χ2n) is 1.83. The molecule has 1 aliphatic rings. The first-order valence-corrected chi connectivity index (χ1v) is 3.58. The normalized spacial score (nSPS) is 39.8. The molecule has 0 atom stereocenters. The van der Waals surface area contributed by atoms with Gasteiger partial charge in [0.1, 0.15) is 0 Å². The van der Waals surface area contributed by atoms with Gasteiger partial charge < -0.3 is 9.47 Å². The maximum Gasteiger partial charge on any atom is 0.154 e. The van der Waals surface area contributed by atoms with E-state index >= 15 is 0 Å². The molecule has 0 aromatic carbocycles. The van der Waals surface area contributed by atoms with Crippen LogP contribution >= 0.6 is 15.9 Å². The minimum atomic E-state index is -0.0104. The molecule has 1 rings (SSSR count). The maximum absolute atomic E-state index is 5.12. The van der Waals surface area contributed by atoms with Crippen molar-refractivity contribution in [3.05, 3.63) is 0 Å². The van der Waals surface area contributed by atoms with Crippen LogP contribution in [0, 0.1) is 0 Å². The summed E-state index contributed by atoms with van der Waals surface area (Å²) in [5, 5.41) is 0. The molecule has 1 saturated heterocycles. The van der Waals surface area contributed by atoms with Crippen molar-refractivity contribution >= 4 is 15.9 Å². The Bertz CT molecular complexity index is 58.8. The first-order valence-electron chi connectivity index (χ1n) is 2.66. The van der Waals surface area contributed by atoms with Crippen LogP contribution in [0.2, 0.25) is 0 Å². The predicted octanol–water partition coefficient (Wildman–Crippen LogP) is 1.14. The molecule has 0 spiro atoms.